The van der Waals surface area contributed by atoms with Gasteiger partial charge >= 0.3 is 6.09 Å². The Labute approximate surface area is 193 Å². The number of likely N-dealkylation sites (tertiary alicyclic amines) is 1. The highest BCUT2D eigenvalue weighted by atomic mass is 19.1. The molecule has 1 N–H and O–H groups in total. The molecule has 5 nitrogen and oxygen atoms in total. The topological polar surface area (TPSA) is 62.7 Å². The second kappa shape index (κ2) is 8.94. The van der Waals surface area contributed by atoms with Gasteiger partial charge in [0.2, 0.25) is 0 Å². The molecule has 1 unspecified atom stereocenters. The van der Waals surface area contributed by atoms with E-state index in [9.17, 15) is 14.3 Å². The fraction of sp³-hybridized carbons (Fsp3) is 0.333. The summed E-state index contributed by atoms with van der Waals surface area (Å²) in [4.78, 5) is 19.3. The van der Waals surface area contributed by atoms with Crippen molar-refractivity contribution in [1.82, 2.24) is 9.88 Å². The number of pyridine rings is 1. The van der Waals surface area contributed by atoms with E-state index in [0.29, 0.717) is 24.4 Å². The summed E-state index contributed by atoms with van der Waals surface area (Å²) in [5.74, 6) is -0.325. The number of benzene rings is 2. The molecule has 1 aromatic heterocycles. The number of amides is 1. The Morgan fingerprint density at radius 1 is 1.18 bits per heavy atom. The van der Waals surface area contributed by atoms with Gasteiger partial charge in [-0.1, -0.05) is 37.3 Å². The third-order valence-electron chi connectivity index (χ3n) is 6.67. The van der Waals surface area contributed by atoms with Gasteiger partial charge < -0.3 is 9.84 Å². The molecule has 4 rings (SSSR count). The van der Waals surface area contributed by atoms with Crippen molar-refractivity contribution in [3.8, 4) is 11.3 Å². The molecular weight excluding hydrogens is 419 g/mol. The Kier molecular flexibility index (Phi) is 6.21. The molecule has 6 heteroatoms. The maximum Gasteiger partial charge on any atom is 0.410 e. The molecule has 33 heavy (non-hydrogen) atoms. The average Bonchev–Trinajstić information content (AvgIpc) is 2.82. The molecule has 2 aromatic carbocycles. The molecule has 0 radical (unpaired) electrons. The van der Waals surface area contributed by atoms with E-state index in [1.54, 1.807) is 24.0 Å². The standard InChI is InChI=1S/C27H29FN2O3/c1-4-27(3,32)24-17-21(16-23(29-24)20-10-12-22(28)13-11-20)26(2)14-15-30(26)25(31)33-18-19-8-6-5-7-9-19/h5-13,16-17,32H,4,14-15,18H2,1-3H3/t26-,27?/m0/s1. The predicted octanol–water partition coefficient (Wildman–Crippen LogP) is 5.76. The number of ether oxygens (including phenoxy) is 1. The van der Waals surface area contributed by atoms with Crippen molar-refractivity contribution >= 4 is 6.09 Å². The van der Waals surface area contributed by atoms with E-state index in [0.717, 1.165) is 23.1 Å². The minimum Gasteiger partial charge on any atom is -0.445 e. The molecule has 172 valence electrons. The minimum absolute atomic E-state index is 0.208. The number of halogens is 1. The fourth-order valence-electron chi connectivity index (χ4n) is 4.02. The van der Waals surface area contributed by atoms with Crippen LogP contribution in [-0.2, 0) is 22.5 Å². The normalized spacial score (nSPS) is 19.5. The van der Waals surface area contributed by atoms with Gasteiger partial charge in [-0.3, -0.25) is 4.90 Å². The SMILES string of the molecule is CCC(C)(O)c1cc([C@]2(C)CCN2C(=O)OCc2ccccc2)cc(-c2ccc(F)cc2)n1. The van der Waals surface area contributed by atoms with Crippen LogP contribution in [-0.4, -0.2) is 27.6 Å². The van der Waals surface area contributed by atoms with Gasteiger partial charge in [-0.05, 0) is 74.2 Å². The first-order valence-corrected chi connectivity index (χ1v) is 11.2. The fourth-order valence-corrected chi connectivity index (χ4v) is 4.02. The van der Waals surface area contributed by atoms with Gasteiger partial charge in [0, 0.05) is 12.1 Å². The second-order valence-corrected chi connectivity index (χ2v) is 8.98. The van der Waals surface area contributed by atoms with E-state index in [1.165, 1.54) is 12.1 Å². The Morgan fingerprint density at radius 2 is 1.88 bits per heavy atom. The Bertz CT molecular complexity index is 1130. The van der Waals surface area contributed by atoms with Crippen molar-refractivity contribution in [3.63, 3.8) is 0 Å². The largest absolute Gasteiger partial charge is 0.445 e. The molecule has 1 amide bonds. The third-order valence-corrected chi connectivity index (χ3v) is 6.67. The zero-order valence-corrected chi connectivity index (χ0v) is 19.2. The third kappa shape index (κ3) is 4.62. The number of hydrogen-bond donors (Lipinski definition) is 1. The molecule has 3 aromatic rings. The monoisotopic (exact) mass is 448 g/mol. The highest BCUT2D eigenvalue weighted by molar-refractivity contribution is 5.71. The molecular formula is C27H29FN2O3. The van der Waals surface area contributed by atoms with E-state index in [-0.39, 0.29) is 18.5 Å². The predicted molar refractivity (Wildman–Crippen MR) is 125 cm³/mol. The van der Waals surface area contributed by atoms with Crippen LogP contribution in [0.4, 0.5) is 9.18 Å². The van der Waals surface area contributed by atoms with E-state index in [2.05, 4.69) is 4.98 Å². The van der Waals surface area contributed by atoms with Crippen LogP contribution in [0.25, 0.3) is 11.3 Å². The zero-order valence-electron chi connectivity index (χ0n) is 19.2. The first kappa shape index (κ1) is 22.9. The molecule has 2 heterocycles. The number of nitrogens with zero attached hydrogens (tertiary/aromatic N) is 2. The molecule has 0 bridgehead atoms. The lowest BCUT2D eigenvalue weighted by atomic mass is 9.79. The van der Waals surface area contributed by atoms with Crippen LogP contribution in [0, 0.1) is 5.82 Å². The lowest BCUT2D eigenvalue weighted by Gasteiger charge is -2.50. The molecule has 0 aliphatic carbocycles. The first-order valence-electron chi connectivity index (χ1n) is 11.2. The van der Waals surface area contributed by atoms with Crippen LogP contribution in [0.3, 0.4) is 0 Å². The average molecular weight is 449 g/mol. The van der Waals surface area contributed by atoms with Gasteiger partial charge in [-0.2, -0.15) is 0 Å². The number of hydrogen-bond acceptors (Lipinski definition) is 4. The van der Waals surface area contributed by atoms with Crippen molar-refractivity contribution in [2.45, 2.75) is 51.4 Å². The van der Waals surface area contributed by atoms with Gasteiger partial charge in [0.15, 0.2) is 0 Å². The Balaban J connectivity index is 1.66. The number of aliphatic hydroxyl groups is 1. The minimum atomic E-state index is -1.14. The molecule has 1 saturated heterocycles. The van der Waals surface area contributed by atoms with Crippen LogP contribution in [0.1, 0.15) is 50.4 Å². The van der Waals surface area contributed by atoms with E-state index in [1.807, 2.05) is 56.3 Å². The van der Waals surface area contributed by atoms with Crippen molar-refractivity contribution in [3.05, 3.63) is 89.4 Å². The molecule has 2 atom stereocenters. The lowest BCUT2D eigenvalue weighted by Crippen LogP contribution is -2.58. The van der Waals surface area contributed by atoms with Crippen LogP contribution in [0.5, 0.6) is 0 Å². The van der Waals surface area contributed by atoms with Crippen molar-refractivity contribution in [2.75, 3.05) is 6.54 Å². The summed E-state index contributed by atoms with van der Waals surface area (Å²) in [6, 6.07) is 19.5. The van der Waals surface area contributed by atoms with Gasteiger partial charge in [0.05, 0.1) is 16.9 Å². The van der Waals surface area contributed by atoms with E-state index in [4.69, 9.17) is 4.74 Å². The summed E-state index contributed by atoms with van der Waals surface area (Å²) in [5.41, 5.74) is 1.95. The maximum atomic E-state index is 13.5. The molecule has 1 aliphatic heterocycles. The lowest BCUT2D eigenvalue weighted by molar-refractivity contribution is -0.0102. The maximum absolute atomic E-state index is 13.5. The Hall–Kier alpha value is -3.25. The van der Waals surface area contributed by atoms with Gasteiger partial charge in [0.1, 0.15) is 18.0 Å². The zero-order chi connectivity index (χ0) is 23.6. The number of carbonyl (C=O) groups excluding carboxylic acids is 1. The van der Waals surface area contributed by atoms with Crippen LogP contribution in [0.2, 0.25) is 0 Å². The summed E-state index contributed by atoms with van der Waals surface area (Å²) in [6.45, 7) is 6.40. The van der Waals surface area contributed by atoms with E-state index < -0.39 is 11.1 Å². The highest BCUT2D eigenvalue weighted by Gasteiger charge is 2.46. The Morgan fingerprint density at radius 3 is 2.48 bits per heavy atom. The van der Waals surface area contributed by atoms with Crippen molar-refractivity contribution < 1.29 is 19.0 Å². The molecule has 1 aliphatic rings. The van der Waals surface area contributed by atoms with Crippen molar-refractivity contribution in [1.29, 1.82) is 0 Å². The van der Waals surface area contributed by atoms with Crippen LogP contribution in [0.15, 0.2) is 66.7 Å². The first-order chi connectivity index (χ1) is 15.7. The van der Waals surface area contributed by atoms with Crippen LogP contribution >= 0.6 is 0 Å². The number of aromatic nitrogens is 1. The van der Waals surface area contributed by atoms with Gasteiger partial charge in [0.25, 0.3) is 0 Å². The number of carbonyl (C=O) groups is 1. The molecule has 0 saturated carbocycles. The summed E-state index contributed by atoms with van der Waals surface area (Å²) in [5, 5.41) is 10.9. The summed E-state index contributed by atoms with van der Waals surface area (Å²) in [6.07, 6.45) is 0.858. The molecule has 1 fully saturated rings. The number of rotatable bonds is 6. The smallest absolute Gasteiger partial charge is 0.410 e. The summed E-state index contributed by atoms with van der Waals surface area (Å²) in [7, 11) is 0. The van der Waals surface area contributed by atoms with Crippen molar-refractivity contribution in [2.24, 2.45) is 0 Å². The van der Waals surface area contributed by atoms with E-state index >= 15 is 0 Å². The highest BCUT2D eigenvalue weighted by Crippen LogP contribution is 2.43. The van der Waals surface area contributed by atoms with Crippen LogP contribution < -0.4 is 0 Å². The second-order valence-electron chi connectivity index (χ2n) is 8.98. The summed E-state index contributed by atoms with van der Waals surface area (Å²) >= 11 is 0. The van der Waals surface area contributed by atoms with Gasteiger partial charge in [-0.15, -0.1) is 0 Å². The quantitative estimate of drug-likeness (QED) is 0.521. The summed E-state index contributed by atoms with van der Waals surface area (Å²) < 4.78 is 19.1. The van der Waals surface area contributed by atoms with Gasteiger partial charge in [-0.25, -0.2) is 14.2 Å². The molecule has 0 spiro atoms.